The number of nitrogens with zero attached hydrogens (tertiary/aromatic N) is 2. The SMILES string of the molecule is CCOC(=O)CN1CCN(c2ccc3c(c2)CCC(=O)N3)CC1. The lowest BCUT2D eigenvalue weighted by Gasteiger charge is -2.36. The highest BCUT2D eigenvalue weighted by Gasteiger charge is 2.21. The predicted molar refractivity (Wildman–Crippen MR) is 88.7 cm³/mol. The number of benzene rings is 1. The number of hydrogen-bond donors (Lipinski definition) is 1. The molecule has 0 bridgehead atoms. The van der Waals surface area contributed by atoms with Gasteiger partial charge in [-0.05, 0) is 37.1 Å². The Labute approximate surface area is 136 Å². The molecule has 1 aromatic carbocycles. The smallest absolute Gasteiger partial charge is 0.320 e. The van der Waals surface area contributed by atoms with Gasteiger partial charge in [0.25, 0.3) is 0 Å². The number of nitrogens with one attached hydrogen (secondary N) is 1. The molecule has 1 saturated heterocycles. The van der Waals surface area contributed by atoms with Crippen molar-refractivity contribution < 1.29 is 14.3 Å². The Bertz CT molecular complexity index is 595. The van der Waals surface area contributed by atoms with Gasteiger partial charge >= 0.3 is 5.97 Å². The minimum atomic E-state index is -0.148. The molecule has 1 N–H and O–H groups in total. The predicted octanol–water partition coefficient (Wildman–Crippen LogP) is 1.26. The second-order valence-electron chi connectivity index (χ2n) is 5.96. The fraction of sp³-hybridized carbons (Fsp3) is 0.529. The molecular formula is C17H23N3O3. The van der Waals surface area contributed by atoms with Gasteiger partial charge in [0, 0.05) is 44.0 Å². The monoisotopic (exact) mass is 317 g/mol. The number of anilines is 2. The fourth-order valence-corrected chi connectivity index (χ4v) is 3.12. The molecule has 2 heterocycles. The first-order valence-corrected chi connectivity index (χ1v) is 8.21. The Hall–Kier alpha value is -2.08. The summed E-state index contributed by atoms with van der Waals surface area (Å²) in [5.74, 6) is -0.0525. The topological polar surface area (TPSA) is 61.9 Å². The Morgan fingerprint density at radius 3 is 2.74 bits per heavy atom. The minimum Gasteiger partial charge on any atom is -0.465 e. The first kappa shape index (κ1) is 15.8. The number of rotatable bonds is 4. The Balaban J connectivity index is 1.58. The van der Waals surface area contributed by atoms with Crippen LogP contribution in [0.5, 0.6) is 0 Å². The van der Waals surface area contributed by atoms with Crippen molar-refractivity contribution in [2.45, 2.75) is 19.8 Å². The third-order valence-electron chi connectivity index (χ3n) is 4.38. The van der Waals surface area contributed by atoms with E-state index in [4.69, 9.17) is 4.74 Å². The molecule has 124 valence electrons. The van der Waals surface area contributed by atoms with E-state index in [1.54, 1.807) is 0 Å². The van der Waals surface area contributed by atoms with Crippen LogP contribution in [0.1, 0.15) is 18.9 Å². The maximum absolute atomic E-state index is 11.5. The van der Waals surface area contributed by atoms with Gasteiger partial charge in [0.15, 0.2) is 0 Å². The van der Waals surface area contributed by atoms with Crippen LogP contribution in [-0.2, 0) is 20.7 Å². The number of carbonyl (C=O) groups is 2. The second-order valence-corrected chi connectivity index (χ2v) is 5.96. The summed E-state index contributed by atoms with van der Waals surface area (Å²) < 4.78 is 5.00. The maximum Gasteiger partial charge on any atom is 0.320 e. The van der Waals surface area contributed by atoms with Gasteiger partial charge in [0.1, 0.15) is 0 Å². The average molecular weight is 317 g/mol. The van der Waals surface area contributed by atoms with E-state index in [0.29, 0.717) is 19.6 Å². The van der Waals surface area contributed by atoms with E-state index in [-0.39, 0.29) is 11.9 Å². The summed E-state index contributed by atoms with van der Waals surface area (Å²) >= 11 is 0. The van der Waals surface area contributed by atoms with Crippen molar-refractivity contribution in [1.82, 2.24) is 4.90 Å². The molecule has 1 amide bonds. The summed E-state index contributed by atoms with van der Waals surface area (Å²) in [4.78, 5) is 27.4. The summed E-state index contributed by atoms with van der Waals surface area (Å²) in [6, 6.07) is 6.23. The van der Waals surface area contributed by atoms with Gasteiger partial charge in [0.05, 0.1) is 13.2 Å². The van der Waals surface area contributed by atoms with Crippen LogP contribution in [-0.4, -0.2) is 56.1 Å². The molecule has 1 aromatic rings. The zero-order valence-corrected chi connectivity index (χ0v) is 13.5. The summed E-state index contributed by atoms with van der Waals surface area (Å²) in [6.45, 7) is 6.13. The van der Waals surface area contributed by atoms with Gasteiger partial charge in [-0.3, -0.25) is 14.5 Å². The average Bonchev–Trinajstić information content (AvgIpc) is 2.55. The van der Waals surface area contributed by atoms with Crippen LogP contribution in [0.4, 0.5) is 11.4 Å². The van der Waals surface area contributed by atoms with Crippen molar-refractivity contribution in [1.29, 1.82) is 0 Å². The maximum atomic E-state index is 11.5. The van der Waals surface area contributed by atoms with E-state index in [1.807, 2.05) is 13.0 Å². The van der Waals surface area contributed by atoms with E-state index in [2.05, 4.69) is 27.2 Å². The summed E-state index contributed by atoms with van der Waals surface area (Å²) in [6.07, 6.45) is 1.36. The highest BCUT2D eigenvalue weighted by atomic mass is 16.5. The number of fused-ring (bicyclic) bond motifs is 1. The molecule has 0 saturated carbocycles. The van der Waals surface area contributed by atoms with Gasteiger partial charge in [-0.2, -0.15) is 0 Å². The van der Waals surface area contributed by atoms with Gasteiger partial charge in [-0.25, -0.2) is 0 Å². The number of amides is 1. The van der Waals surface area contributed by atoms with Crippen molar-refractivity contribution in [3.63, 3.8) is 0 Å². The molecule has 2 aliphatic rings. The lowest BCUT2D eigenvalue weighted by atomic mass is 10.0. The highest BCUT2D eigenvalue weighted by molar-refractivity contribution is 5.94. The van der Waals surface area contributed by atoms with E-state index in [0.717, 1.165) is 38.3 Å². The zero-order chi connectivity index (χ0) is 16.2. The summed E-state index contributed by atoms with van der Waals surface area (Å²) in [5, 5.41) is 2.91. The fourth-order valence-electron chi connectivity index (χ4n) is 3.12. The van der Waals surface area contributed by atoms with Gasteiger partial charge < -0.3 is 15.0 Å². The van der Waals surface area contributed by atoms with Crippen LogP contribution in [0, 0.1) is 0 Å². The van der Waals surface area contributed by atoms with Crippen LogP contribution in [0.25, 0.3) is 0 Å². The van der Waals surface area contributed by atoms with Crippen LogP contribution >= 0.6 is 0 Å². The number of hydrogen-bond acceptors (Lipinski definition) is 5. The number of carbonyl (C=O) groups excluding carboxylic acids is 2. The van der Waals surface area contributed by atoms with Crippen molar-refractivity contribution in [3.05, 3.63) is 23.8 Å². The van der Waals surface area contributed by atoms with Gasteiger partial charge in [-0.1, -0.05) is 0 Å². The van der Waals surface area contributed by atoms with E-state index in [1.165, 1.54) is 11.3 Å². The number of esters is 1. The molecule has 0 spiro atoms. The van der Waals surface area contributed by atoms with E-state index in [9.17, 15) is 9.59 Å². The summed E-state index contributed by atoms with van der Waals surface area (Å²) in [5.41, 5.74) is 3.33. The van der Waals surface area contributed by atoms with Crippen molar-refractivity contribution >= 4 is 23.3 Å². The molecule has 0 aromatic heterocycles. The third-order valence-corrected chi connectivity index (χ3v) is 4.38. The molecule has 0 unspecified atom stereocenters. The molecule has 0 atom stereocenters. The van der Waals surface area contributed by atoms with Gasteiger partial charge in [-0.15, -0.1) is 0 Å². The van der Waals surface area contributed by atoms with Crippen LogP contribution in [0.15, 0.2) is 18.2 Å². The molecule has 6 heteroatoms. The highest BCUT2D eigenvalue weighted by Crippen LogP contribution is 2.28. The normalized spacial score (nSPS) is 18.3. The molecule has 3 rings (SSSR count). The van der Waals surface area contributed by atoms with Crippen molar-refractivity contribution in [3.8, 4) is 0 Å². The molecule has 1 fully saturated rings. The standard InChI is InChI=1S/C17H23N3O3/c1-2-23-17(22)12-19-7-9-20(10-8-19)14-4-5-15-13(11-14)3-6-16(21)18-15/h4-5,11H,2-3,6-10,12H2,1H3,(H,18,21). The first-order chi connectivity index (χ1) is 11.2. The van der Waals surface area contributed by atoms with Crippen LogP contribution in [0.3, 0.4) is 0 Å². The number of ether oxygens (including phenoxy) is 1. The van der Waals surface area contributed by atoms with E-state index >= 15 is 0 Å². The molecule has 23 heavy (non-hydrogen) atoms. The Kier molecular flexibility index (Phi) is 4.81. The first-order valence-electron chi connectivity index (χ1n) is 8.21. The molecule has 0 aliphatic carbocycles. The lowest BCUT2D eigenvalue weighted by Crippen LogP contribution is -2.48. The minimum absolute atomic E-state index is 0.0952. The van der Waals surface area contributed by atoms with Crippen LogP contribution < -0.4 is 10.2 Å². The van der Waals surface area contributed by atoms with Crippen LogP contribution in [0.2, 0.25) is 0 Å². The van der Waals surface area contributed by atoms with Gasteiger partial charge in [0.2, 0.25) is 5.91 Å². The molecule has 6 nitrogen and oxygen atoms in total. The zero-order valence-electron chi connectivity index (χ0n) is 13.5. The molecule has 2 aliphatic heterocycles. The quantitative estimate of drug-likeness (QED) is 0.847. The largest absolute Gasteiger partial charge is 0.465 e. The molecule has 0 radical (unpaired) electrons. The van der Waals surface area contributed by atoms with Crippen molar-refractivity contribution in [2.24, 2.45) is 0 Å². The van der Waals surface area contributed by atoms with E-state index < -0.39 is 0 Å². The van der Waals surface area contributed by atoms with Crippen molar-refractivity contribution in [2.75, 3.05) is 49.5 Å². The number of piperazine rings is 1. The Morgan fingerprint density at radius 1 is 1.22 bits per heavy atom. The second kappa shape index (κ2) is 7.00. The Morgan fingerprint density at radius 2 is 2.00 bits per heavy atom. The third kappa shape index (κ3) is 3.82. The molecular weight excluding hydrogens is 294 g/mol. The summed E-state index contributed by atoms with van der Waals surface area (Å²) in [7, 11) is 0. The number of aryl methyl sites for hydroxylation is 1. The lowest BCUT2D eigenvalue weighted by molar-refractivity contribution is -0.144.